The fourth-order valence-corrected chi connectivity index (χ4v) is 3.74. The molecule has 2 aromatic rings. The average molecular weight is 404 g/mol. The van der Waals surface area contributed by atoms with E-state index < -0.39 is 0 Å². The molecule has 6 heteroatoms. The van der Waals surface area contributed by atoms with Crippen molar-refractivity contribution in [2.75, 3.05) is 32.8 Å². The zero-order valence-electron chi connectivity index (χ0n) is 16.4. The van der Waals surface area contributed by atoms with E-state index in [2.05, 4.69) is 36.5 Å². The molecule has 3 rings (SSSR count). The summed E-state index contributed by atoms with van der Waals surface area (Å²) in [5.74, 6) is 0.0285. The molecule has 0 saturated carbocycles. The molecular weight excluding hydrogens is 374 g/mol. The molecule has 1 atom stereocenters. The zero-order valence-corrected chi connectivity index (χ0v) is 17.2. The highest BCUT2D eigenvalue weighted by molar-refractivity contribution is 6.31. The minimum atomic E-state index is 0.0285. The molecule has 28 heavy (non-hydrogen) atoms. The molecule has 1 aliphatic heterocycles. The lowest BCUT2D eigenvalue weighted by Crippen LogP contribution is -3.12. The highest BCUT2D eigenvalue weighted by atomic mass is 35.5. The summed E-state index contributed by atoms with van der Waals surface area (Å²) in [4.78, 5) is 13.7. The molecule has 0 aliphatic carbocycles. The van der Waals surface area contributed by atoms with Gasteiger partial charge in [-0.2, -0.15) is 0 Å². The van der Waals surface area contributed by atoms with Crippen LogP contribution in [0.2, 0.25) is 5.02 Å². The number of nitrogens with one attached hydrogen (secondary N) is 2. The van der Waals surface area contributed by atoms with Crippen LogP contribution in [-0.4, -0.2) is 38.8 Å². The van der Waals surface area contributed by atoms with E-state index >= 15 is 0 Å². The molecule has 0 unspecified atom stereocenters. The van der Waals surface area contributed by atoms with Gasteiger partial charge in [0.05, 0.1) is 13.2 Å². The topological polar surface area (TPSA) is 59.4 Å². The first-order valence-electron chi connectivity index (χ1n) is 9.95. The molecule has 150 valence electrons. The van der Waals surface area contributed by atoms with Gasteiger partial charge in [-0.05, 0) is 18.6 Å². The largest absolute Gasteiger partial charge is 0.370 e. The maximum atomic E-state index is 12.2. The van der Waals surface area contributed by atoms with Crippen LogP contribution in [0.1, 0.15) is 29.7 Å². The van der Waals surface area contributed by atoms with Crippen LogP contribution in [0.15, 0.2) is 48.5 Å². The summed E-state index contributed by atoms with van der Waals surface area (Å²) in [5, 5.41) is 5.74. The molecule has 0 radical (unpaired) electrons. The summed E-state index contributed by atoms with van der Waals surface area (Å²) in [6, 6.07) is 16.4. The number of nitrogens with two attached hydrogens (primary N) is 1. The van der Waals surface area contributed by atoms with Crippen molar-refractivity contribution in [1.29, 1.82) is 0 Å². The van der Waals surface area contributed by atoms with Crippen molar-refractivity contribution >= 4 is 17.5 Å². The van der Waals surface area contributed by atoms with E-state index in [0.717, 1.165) is 49.0 Å². The lowest BCUT2D eigenvalue weighted by molar-refractivity contribution is -0.921. The lowest BCUT2D eigenvalue weighted by Gasteiger charge is -2.23. The Labute approximate surface area is 172 Å². The van der Waals surface area contributed by atoms with Crippen molar-refractivity contribution in [2.24, 2.45) is 0 Å². The van der Waals surface area contributed by atoms with Crippen molar-refractivity contribution in [3.63, 3.8) is 0 Å². The van der Waals surface area contributed by atoms with Gasteiger partial charge in [-0.25, -0.2) is 0 Å². The number of halogens is 1. The van der Waals surface area contributed by atoms with Crippen LogP contribution in [0.4, 0.5) is 0 Å². The lowest BCUT2D eigenvalue weighted by atomic mass is 10.1. The van der Waals surface area contributed by atoms with Crippen LogP contribution in [0.25, 0.3) is 0 Å². The van der Waals surface area contributed by atoms with E-state index in [1.165, 1.54) is 5.56 Å². The molecule has 1 aliphatic rings. The third-order valence-electron chi connectivity index (χ3n) is 5.22. The van der Waals surface area contributed by atoms with Gasteiger partial charge in [-0.15, -0.1) is 0 Å². The van der Waals surface area contributed by atoms with Crippen LogP contribution in [-0.2, 0) is 22.6 Å². The predicted octanol–water partition coefficient (Wildman–Crippen LogP) is 0.696. The molecule has 1 amide bonds. The number of morpholine rings is 1. The zero-order chi connectivity index (χ0) is 19.8. The molecule has 0 spiro atoms. The second-order valence-electron chi connectivity index (χ2n) is 7.38. The molecular formula is C22H30ClN3O2+2. The molecule has 1 saturated heterocycles. The summed E-state index contributed by atoms with van der Waals surface area (Å²) in [7, 11) is 0. The summed E-state index contributed by atoms with van der Waals surface area (Å²) >= 11 is 6.22. The number of hydrogen-bond acceptors (Lipinski definition) is 2. The molecule has 1 fully saturated rings. The third kappa shape index (κ3) is 6.31. The van der Waals surface area contributed by atoms with Gasteiger partial charge < -0.3 is 20.3 Å². The van der Waals surface area contributed by atoms with Crippen molar-refractivity contribution in [3.8, 4) is 0 Å². The Hall–Kier alpha value is -1.92. The van der Waals surface area contributed by atoms with Crippen LogP contribution >= 0.6 is 11.6 Å². The van der Waals surface area contributed by atoms with Gasteiger partial charge in [0.25, 0.3) is 5.91 Å². The Balaban J connectivity index is 1.40. The van der Waals surface area contributed by atoms with Crippen LogP contribution < -0.4 is 15.5 Å². The number of carbonyl (C=O) groups excluding carboxylic acids is 1. The molecule has 1 heterocycles. The second-order valence-corrected chi connectivity index (χ2v) is 7.79. The first-order chi connectivity index (χ1) is 13.6. The van der Waals surface area contributed by atoms with Crippen molar-refractivity contribution in [1.82, 2.24) is 5.32 Å². The van der Waals surface area contributed by atoms with E-state index in [-0.39, 0.29) is 11.9 Å². The van der Waals surface area contributed by atoms with Crippen LogP contribution in [0.5, 0.6) is 0 Å². The highest BCUT2D eigenvalue weighted by Gasteiger charge is 2.15. The molecule has 2 aromatic carbocycles. The number of carbonyl (C=O) groups is 1. The molecule has 0 bridgehead atoms. The van der Waals surface area contributed by atoms with E-state index in [0.29, 0.717) is 13.1 Å². The Morgan fingerprint density at radius 2 is 1.82 bits per heavy atom. The monoisotopic (exact) mass is 403 g/mol. The summed E-state index contributed by atoms with van der Waals surface area (Å²) in [6.07, 6.45) is 0. The fraction of sp³-hybridized carbons (Fsp3) is 0.409. The normalized spacial score (nSPS) is 15.9. The number of amides is 1. The van der Waals surface area contributed by atoms with Crippen LogP contribution in [0, 0.1) is 0 Å². The first-order valence-corrected chi connectivity index (χ1v) is 10.3. The first kappa shape index (κ1) is 20.8. The Morgan fingerprint density at radius 1 is 1.14 bits per heavy atom. The van der Waals surface area contributed by atoms with Gasteiger partial charge in [0.1, 0.15) is 25.7 Å². The Bertz CT molecular complexity index is 761. The van der Waals surface area contributed by atoms with E-state index in [4.69, 9.17) is 16.3 Å². The summed E-state index contributed by atoms with van der Waals surface area (Å²) < 4.78 is 5.41. The maximum Gasteiger partial charge on any atom is 0.275 e. The maximum absolute atomic E-state index is 12.2. The standard InChI is InChI=1S/C22H28ClN3O2/c1-17(20-4-2-3-5-21(20)23)24-15-22(27)25-14-18-6-8-19(9-7-18)16-26-10-12-28-13-11-26/h2-9,17,24H,10-16H2,1H3,(H,25,27)/p+2/t17-/m1/s1. The van der Waals surface area contributed by atoms with E-state index in [9.17, 15) is 4.79 Å². The molecule has 0 aromatic heterocycles. The van der Waals surface area contributed by atoms with Gasteiger partial charge >= 0.3 is 0 Å². The second kappa shape index (κ2) is 10.6. The quantitative estimate of drug-likeness (QED) is 0.607. The SMILES string of the molecule is C[C@@H]([NH2+]CC(=O)NCc1ccc(C[NH+]2CCOCC2)cc1)c1ccccc1Cl. The van der Waals surface area contributed by atoms with Crippen molar-refractivity contribution in [2.45, 2.75) is 26.1 Å². The Morgan fingerprint density at radius 3 is 2.54 bits per heavy atom. The number of rotatable bonds is 8. The highest BCUT2D eigenvalue weighted by Crippen LogP contribution is 2.19. The van der Waals surface area contributed by atoms with E-state index in [1.54, 1.807) is 4.90 Å². The van der Waals surface area contributed by atoms with Crippen molar-refractivity contribution in [3.05, 3.63) is 70.2 Å². The summed E-state index contributed by atoms with van der Waals surface area (Å²) in [6.45, 7) is 7.87. The van der Waals surface area contributed by atoms with Crippen LogP contribution in [0.3, 0.4) is 0 Å². The number of quaternary nitrogens is 2. The average Bonchev–Trinajstić information content (AvgIpc) is 2.72. The number of hydrogen-bond donors (Lipinski definition) is 3. The van der Waals surface area contributed by atoms with Gasteiger partial charge in [-0.1, -0.05) is 54.1 Å². The van der Waals surface area contributed by atoms with Gasteiger partial charge in [-0.3, -0.25) is 4.79 Å². The summed E-state index contributed by atoms with van der Waals surface area (Å²) in [5.41, 5.74) is 3.50. The number of ether oxygens (including phenoxy) is 1. The molecule has 4 N–H and O–H groups in total. The van der Waals surface area contributed by atoms with E-state index in [1.807, 2.05) is 29.6 Å². The number of benzene rings is 2. The predicted molar refractivity (Wildman–Crippen MR) is 110 cm³/mol. The van der Waals surface area contributed by atoms with Crippen molar-refractivity contribution < 1.29 is 19.7 Å². The smallest absolute Gasteiger partial charge is 0.275 e. The van der Waals surface area contributed by atoms with Gasteiger partial charge in [0.15, 0.2) is 6.54 Å². The third-order valence-corrected chi connectivity index (χ3v) is 5.56. The minimum absolute atomic E-state index is 0.0285. The Kier molecular flexibility index (Phi) is 7.86. The minimum Gasteiger partial charge on any atom is -0.370 e. The fourth-order valence-electron chi connectivity index (χ4n) is 3.43. The van der Waals surface area contributed by atoms with Gasteiger partial charge in [0.2, 0.25) is 0 Å². The van der Waals surface area contributed by atoms with Gasteiger partial charge in [0, 0.05) is 22.7 Å². The molecule has 5 nitrogen and oxygen atoms in total.